The minimum Gasteiger partial charge on any atom is -0.458 e. The summed E-state index contributed by atoms with van der Waals surface area (Å²) in [5.41, 5.74) is 8.98. The van der Waals surface area contributed by atoms with Crippen molar-refractivity contribution < 1.29 is 9.15 Å². The summed E-state index contributed by atoms with van der Waals surface area (Å²) < 4.78 is 13.3. The van der Waals surface area contributed by atoms with Crippen LogP contribution >= 0.6 is 11.8 Å². The number of benzene rings is 8. The van der Waals surface area contributed by atoms with Crippen molar-refractivity contribution in [3.8, 4) is 22.6 Å². The molecule has 5 heteroatoms. The van der Waals surface area contributed by atoms with Crippen LogP contribution in [0, 0.1) is 0 Å². The summed E-state index contributed by atoms with van der Waals surface area (Å²) >= 11 is 1.90. The first-order chi connectivity index (χ1) is 29.3. The van der Waals surface area contributed by atoms with Crippen LogP contribution in [0.15, 0.2) is 226 Å². The number of para-hydroxylation sites is 3. The summed E-state index contributed by atoms with van der Waals surface area (Å²) in [4.78, 5) is 5.08. The lowest BCUT2D eigenvalue weighted by atomic mass is 9.90. The molecule has 1 aromatic heterocycles. The molecule has 0 bridgehead atoms. The number of hydrogen-bond donors (Lipinski definition) is 0. The fourth-order valence-corrected chi connectivity index (χ4v) is 17.0. The van der Waals surface area contributed by atoms with Crippen LogP contribution in [0.5, 0.6) is 11.5 Å². The number of anilines is 2. The van der Waals surface area contributed by atoms with E-state index in [1.807, 2.05) is 11.8 Å². The molecule has 0 saturated carbocycles. The van der Waals surface area contributed by atoms with E-state index < -0.39 is 8.07 Å². The molecule has 0 fully saturated rings. The third-order valence-corrected chi connectivity index (χ3v) is 18.8. The van der Waals surface area contributed by atoms with Gasteiger partial charge >= 0.3 is 0 Å². The first kappa shape index (κ1) is 34.3. The van der Waals surface area contributed by atoms with E-state index in [1.54, 1.807) is 0 Å². The van der Waals surface area contributed by atoms with Crippen molar-refractivity contribution in [3.63, 3.8) is 0 Å². The highest BCUT2D eigenvalue weighted by atomic mass is 32.2. The highest BCUT2D eigenvalue weighted by Gasteiger charge is 2.52. The molecule has 1 unspecified atom stereocenters. The zero-order valence-corrected chi connectivity index (χ0v) is 33.9. The molecule has 3 heterocycles. The average molecular weight is 792 g/mol. The lowest BCUT2D eigenvalue weighted by molar-refractivity contribution is 0.487. The average Bonchev–Trinajstić information content (AvgIpc) is 3.69. The summed E-state index contributed by atoms with van der Waals surface area (Å²) in [7, 11) is -2.88. The van der Waals surface area contributed by atoms with E-state index in [-0.39, 0.29) is 5.92 Å². The van der Waals surface area contributed by atoms with Gasteiger partial charge in [0.1, 0.15) is 22.7 Å². The number of ether oxygens (including phenoxy) is 1. The predicted molar refractivity (Wildman–Crippen MR) is 247 cm³/mol. The quantitative estimate of drug-likeness (QED) is 0.162. The van der Waals surface area contributed by atoms with Crippen LogP contribution in [0.1, 0.15) is 17.9 Å². The summed E-state index contributed by atoms with van der Waals surface area (Å²) in [6.07, 6.45) is 8.06. The van der Waals surface area contributed by atoms with Gasteiger partial charge in [-0.15, -0.1) is 0 Å². The van der Waals surface area contributed by atoms with Crippen LogP contribution in [0.4, 0.5) is 11.4 Å². The molecule has 0 N–H and O–H groups in total. The fourth-order valence-electron chi connectivity index (χ4n) is 9.72. The molecule has 3 aliphatic rings. The van der Waals surface area contributed by atoms with Gasteiger partial charge in [-0.1, -0.05) is 170 Å². The molecule has 0 saturated heterocycles. The zero-order valence-electron chi connectivity index (χ0n) is 32.1. The smallest absolute Gasteiger partial charge is 0.190 e. The summed E-state index contributed by atoms with van der Waals surface area (Å²) in [6, 6.07) is 68.2. The number of rotatable bonds is 5. The van der Waals surface area contributed by atoms with Gasteiger partial charge in [0.15, 0.2) is 8.07 Å². The molecule has 3 nitrogen and oxygen atoms in total. The maximum atomic E-state index is 6.72. The summed E-state index contributed by atoms with van der Waals surface area (Å²) in [6.45, 7) is 0. The van der Waals surface area contributed by atoms with E-state index in [0.29, 0.717) is 0 Å². The van der Waals surface area contributed by atoms with E-state index in [0.717, 1.165) is 56.9 Å². The number of furan rings is 1. The first-order valence-corrected chi connectivity index (χ1v) is 23.1. The van der Waals surface area contributed by atoms with E-state index in [2.05, 4.69) is 211 Å². The molecule has 12 rings (SSSR count). The van der Waals surface area contributed by atoms with Crippen LogP contribution in [0.25, 0.3) is 33.1 Å². The van der Waals surface area contributed by atoms with Crippen LogP contribution in [-0.4, -0.2) is 8.07 Å². The molecule has 2 aliphatic heterocycles. The van der Waals surface area contributed by atoms with Crippen molar-refractivity contribution in [2.24, 2.45) is 0 Å². The molecule has 8 aromatic carbocycles. The second-order valence-corrected chi connectivity index (χ2v) is 20.2. The Hall–Kier alpha value is -6.79. The second-order valence-electron chi connectivity index (χ2n) is 15.5. The van der Waals surface area contributed by atoms with Gasteiger partial charge in [0.05, 0.1) is 16.8 Å². The number of hydrogen-bond acceptors (Lipinski definition) is 4. The Morgan fingerprint density at radius 2 is 1.15 bits per heavy atom. The minimum absolute atomic E-state index is 0.271. The molecule has 59 heavy (non-hydrogen) atoms. The van der Waals surface area contributed by atoms with Crippen LogP contribution < -0.4 is 30.4 Å². The van der Waals surface area contributed by atoms with Crippen molar-refractivity contribution in [1.29, 1.82) is 0 Å². The highest BCUT2D eigenvalue weighted by Crippen LogP contribution is 2.48. The Bertz CT molecular complexity index is 3100. The van der Waals surface area contributed by atoms with Gasteiger partial charge in [0.2, 0.25) is 0 Å². The Morgan fingerprint density at radius 3 is 1.93 bits per heavy atom. The van der Waals surface area contributed by atoms with Crippen LogP contribution in [-0.2, 0) is 0 Å². The van der Waals surface area contributed by atoms with Gasteiger partial charge < -0.3 is 14.1 Å². The topological polar surface area (TPSA) is 25.6 Å². The van der Waals surface area contributed by atoms with Crippen LogP contribution in [0.3, 0.4) is 0 Å². The van der Waals surface area contributed by atoms with Gasteiger partial charge in [-0.3, -0.25) is 0 Å². The monoisotopic (exact) mass is 791 g/mol. The number of fused-ring (bicyclic) bond motifs is 11. The summed E-state index contributed by atoms with van der Waals surface area (Å²) in [5.74, 6) is 2.17. The van der Waals surface area contributed by atoms with Crippen molar-refractivity contribution >= 4 is 73.9 Å². The van der Waals surface area contributed by atoms with Crippen LogP contribution in [0.2, 0.25) is 0 Å². The molecular weight excluding hydrogens is 755 g/mol. The first-order valence-electron chi connectivity index (χ1n) is 20.3. The molecule has 0 amide bonds. The molecule has 1 spiro atoms. The number of allylic oxidation sites excluding steroid dienone is 3. The van der Waals surface area contributed by atoms with E-state index >= 15 is 0 Å². The Labute approximate surface area is 348 Å². The predicted octanol–water partition coefficient (Wildman–Crippen LogP) is 12.0. The SMILES string of the molecule is C1=CC(c2ccc(-c3ccccc3)cc2)CC=C1N(c1cccc2c1Sc1ccccc1[Si]21c2ccccc2Oc2ccccc21)c1cccc2oc3ccccc3c12. The Kier molecular flexibility index (Phi) is 7.93. The maximum absolute atomic E-state index is 6.72. The normalized spacial score (nSPS) is 15.8. The lowest BCUT2D eigenvalue weighted by Gasteiger charge is -2.44. The lowest BCUT2D eigenvalue weighted by Crippen LogP contribution is -2.77. The minimum atomic E-state index is -2.88. The van der Waals surface area contributed by atoms with Gasteiger partial charge in [0.25, 0.3) is 0 Å². The summed E-state index contributed by atoms with van der Waals surface area (Å²) in [5, 5.41) is 7.59. The fraction of sp³-hybridized carbons (Fsp3) is 0.0370. The molecule has 280 valence electrons. The molecule has 9 aromatic rings. The third kappa shape index (κ3) is 5.28. The molecule has 1 atom stereocenters. The van der Waals surface area contributed by atoms with Crippen molar-refractivity contribution in [1.82, 2.24) is 0 Å². The highest BCUT2D eigenvalue weighted by molar-refractivity contribution is 8.00. The van der Waals surface area contributed by atoms with Crippen molar-refractivity contribution in [2.75, 3.05) is 4.90 Å². The number of nitrogens with zero attached hydrogens (tertiary/aromatic N) is 1. The van der Waals surface area contributed by atoms with E-state index in [1.165, 1.54) is 47.2 Å². The third-order valence-electron chi connectivity index (χ3n) is 12.4. The Balaban J connectivity index is 1.07. The Morgan fingerprint density at radius 1 is 0.525 bits per heavy atom. The maximum Gasteiger partial charge on any atom is 0.190 e. The molecular formula is C54H37NO2SSi. The van der Waals surface area contributed by atoms with E-state index in [9.17, 15) is 0 Å². The second kappa shape index (κ2) is 13.7. The molecule has 0 radical (unpaired) electrons. The standard InChI is InChI=1S/C54H37NO2SSi/c1-2-14-36(15-3-1)37-28-30-38(31-29-37)39-32-34-40(35-33-39)55(42-17-12-22-47-53(42)41-16-4-5-19-44(41)56-47)43-18-13-27-52-54(43)58-48-23-8-11-26-51(48)59(52)49-24-9-6-20-45(49)57-46-21-7-10-25-50(46)59/h1-32,34-35,39H,33H2. The van der Waals surface area contributed by atoms with E-state index in [4.69, 9.17) is 9.15 Å². The van der Waals surface area contributed by atoms with Gasteiger partial charge in [-0.05, 0) is 92.4 Å². The van der Waals surface area contributed by atoms with Crippen molar-refractivity contribution in [2.45, 2.75) is 22.1 Å². The zero-order chi connectivity index (χ0) is 38.9. The molecule has 1 aliphatic carbocycles. The van der Waals surface area contributed by atoms with Gasteiger partial charge in [0, 0.05) is 26.8 Å². The van der Waals surface area contributed by atoms with Crippen molar-refractivity contribution in [3.05, 3.63) is 218 Å². The largest absolute Gasteiger partial charge is 0.458 e. The van der Waals surface area contributed by atoms with Gasteiger partial charge in [-0.25, -0.2) is 0 Å². The van der Waals surface area contributed by atoms with Gasteiger partial charge in [-0.2, -0.15) is 0 Å².